The van der Waals surface area contributed by atoms with Gasteiger partial charge in [0.05, 0.1) is 10.7 Å². The fraction of sp³-hybridized carbons (Fsp3) is 0.100. The lowest BCUT2D eigenvalue weighted by Gasteiger charge is -2.15. The topological polar surface area (TPSA) is 53.6 Å². The molecular formula is C20H20ClFN4. The number of pyridine rings is 2. The van der Waals surface area contributed by atoms with E-state index in [0.717, 1.165) is 33.7 Å². The number of nitrogens with one attached hydrogen (secondary N) is 2. The normalized spacial score (nSPS) is 12.3. The summed E-state index contributed by atoms with van der Waals surface area (Å²) < 4.78 is 13.1. The van der Waals surface area contributed by atoms with Crippen LogP contribution in [-0.2, 0) is 0 Å². The summed E-state index contributed by atoms with van der Waals surface area (Å²) in [4.78, 5) is 12.1. The SMILES string of the molecule is C[C@@H](Nc1cccc(-c2c[nH]c3ncc(Cl)cc23)n1)c1ccc(F)cc1.[HH].[HH]. The molecule has 3 heterocycles. The van der Waals surface area contributed by atoms with Crippen LogP contribution >= 0.6 is 11.6 Å². The third-order valence-corrected chi connectivity index (χ3v) is 4.46. The van der Waals surface area contributed by atoms with Crippen molar-refractivity contribution in [3.63, 3.8) is 0 Å². The summed E-state index contributed by atoms with van der Waals surface area (Å²) >= 11 is 6.08. The van der Waals surface area contributed by atoms with Crippen LogP contribution in [-0.4, -0.2) is 15.0 Å². The van der Waals surface area contributed by atoms with E-state index >= 15 is 0 Å². The first kappa shape index (κ1) is 16.5. The number of aromatic nitrogens is 3. The zero-order valence-electron chi connectivity index (χ0n) is 14.0. The molecule has 0 aliphatic carbocycles. The number of halogens is 2. The van der Waals surface area contributed by atoms with Crippen LogP contribution in [0.5, 0.6) is 0 Å². The van der Waals surface area contributed by atoms with Crippen LogP contribution in [0, 0.1) is 5.82 Å². The number of fused-ring (bicyclic) bond motifs is 1. The van der Waals surface area contributed by atoms with Crippen molar-refractivity contribution in [3.8, 4) is 11.3 Å². The lowest BCUT2D eigenvalue weighted by atomic mass is 10.1. The zero-order chi connectivity index (χ0) is 18.1. The van der Waals surface area contributed by atoms with E-state index in [2.05, 4.69) is 15.3 Å². The van der Waals surface area contributed by atoms with Crippen molar-refractivity contribution in [2.75, 3.05) is 5.32 Å². The molecule has 0 bridgehead atoms. The van der Waals surface area contributed by atoms with E-state index in [1.165, 1.54) is 12.1 Å². The molecule has 0 spiro atoms. The summed E-state index contributed by atoms with van der Waals surface area (Å²) in [6, 6.07) is 14.1. The van der Waals surface area contributed by atoms with Gasteiger partial charge in [0.25, 0.3) is 0 Å². The van der Waals surface area contributed by atoms with E-state index in [1.54, 1.807) is 18.3 Å². The standard InChI is InChI=1S/C20H16ClFN4.2H2/c1-12(13-5-7-15(22)8-6-13)25-19-4-2-3-18(26-19)17-11-24-20-16(17)9-14(21)10-23-20;;/h2-12H,1H3,(H,23,24)(H,25,26);2*1H/t12-;;/m1../s1. The van der Waals surface area contributed by atoms with Gasteiger partial charge in [0.2, 0.25) is 0 Å². The number of hydrogen-bond donors (Lipinski definition) is 2. The fourth-order valence-corrected chi connectivity index (χ4v) is 3.07. The van der Waals surface area contributed by atoms with Crippen LogP contribution in [0.25, 0.3) is 22.3 Å². The average Bonchev–Trinajstić information content (AvgIpc) is 3.05. The molecular weight excluding hydrogens is 351 g/mol. The maximum Gasteiger partial charge on any atom is 0.138 e. The van der Waals surface area contributed by atoms with E-state index in [-0.39, 0.29) is 14.7 Å². The Hall–Kier alpha value is -2.92. The van der Waals surface area contributed by atoms with Crippen molar-refractivity contribution in [2.24, 2.45) is 0 Å². The Labute approximate surface area is 158 Å². The third-order valence-electron chi connectivity index (χ3n) is 4.26. The molecule has 26 heavy (non-hydrogen) atoms. The second kappa shape index (κ2) is 6.77. The van der Waals surface area contributed by atoms with Crippen molar-refractivity contribution in [3.05, 3.63) is 77.3 Å². The number of rotatable bonds is 4. The molecule has 0 aliphatic heterocycles. The predicted molar refractivity (Wildman–Crippen MR) is 107 cm³/mol. The summed E-state index contributed by atoms with van der Waals surface area (Å²) in [5, 5.41) is 4.86. The lowest BCUT2D eigenvalue weighted by molar-refractivity contribution is 0.626. The van der Waals surface area contributed by atoms with Crippen LogP contribution in [0.3, 0.4) is 0 Å². The van der Waals surface area contributed by atoms with Crippen molar-refractivity contribution in [1.29, 1.82) is 0 Å². The van der Waals surface area contributed by atoms with Crippen LogP contribution in [0.15, 0.2) is 60.9 Å². The Bertz CT molecular complexity index is 1070. The van der Waals surface area contributed by atoms with Crippen molar-refractivity contribution < 1.29 is 7.24 Å². The summed E-state index contributed by atoms with van der Waals surface area (Å²) in [5.74, 6) is 0.497. The van der Waals surface area contributed by atoms with Crippen molar-refractivity contribution in [1.82, 2.24) is 15.0 Å². The molecule has 0 unspecified atom stereocenters. The lowest BCUT2D eigenvalue weighted by Crippen LogP contribution is -2.08. The molecule has 4 nitrogen and oxygen atoms in total. The Kier molecular flexibility index (Phi) is 4.31. The molecule has 1 aromatic carbocycles. The molecule has 0 saturated heterocycles. The summed E-state index contributed by atoms with van der Waals surface area (Å²) in [7, 11) is 0. The number of H-pyrrole nitrogens is 1. The maximum absolute atomic E-state index is 13.1. The molecule has 0 amide bonds. The predicted octanol–water partition coefficient (Wildman–Crippen LogP) is 6.08. The van der Waals surface area contributed by atoms with Crippen LogP contribution in [0.4, 0.5) is 10.2 Å². The highest BCUT2D eigenvalue weighted by Crippen LogP contribution is 2.29. The van der Waals surface area contributed by atoms with Crippen LogP contribution in [0.1, 0.15) is 21.4 Å². The first-order valence-electron chi connectivity index (χ1n) is 8.22. The summed E-state index contributed by atoms with van der Waals surface area (Å²) in [6.07, 6.45) is 3.49. The average molecular weight is 371 g/mol. The molecule has 0 aliphatic rings. The van der Waals surface area contributed by atoms with Gasteiger partial charge in [0, 0.05) is 32.2 Å². The molecule has 0 saturated carbocycles. The Morgan fingerprint density at radius 3 is 2.81 bits per heavy atom. The second-order valence-corrected chi connectivity index (χ2v) is 6.51. The van der Waals surface area contributed by atoms with Gasteiger partial charge >= 0.3 is 0 Å². The molecule has 6 heteroatoms. The van der Waals surface area contributed by atoms with Gasteiger partial charge in [-0.2, -0.15) is 0 Å². The number of benzene rings is 1. The quantitative estimate of drug-likeness (QED) is 0.457. The zero-order valence-corrected chi connectivity index (χ0v) is 14.8. The number of nitrogens with zero attached hydrogens (tertiary/aromatic N) is 2. The number of hydrogen-bond acceptors (Lipinski definition) is 3. The van der Waals surface area contributed by atoms with Crippen molar-refractivity contribution >= 4 is 28.5 Å². The molecule has 2 N–H and O–H groups in total. The first-order valence-corrected chi connectivity index (χ1v) is 8.60. The molecule has 3 aromatic heterocycles. The molecule has 0 radical (unpaired) electrons. The monoisotopic (exact) mass is 370 g/mol. The van der Waals surface area contributed by atoms with Crippen LogP contribution in [0.2, 0.25) is 5.02 Å². The number of anilines is 1. The largest absolute Gasteiger partial charge is 0.364 e. The van der Waals surface area contributed by atoms with Crippen molar-refractivity contribution in [2.45, 2.75) is 13.0 Å². The van der Waals surface area contributed by atoms with E-state index in [0.29, 0.717) is 5.02 Å². The minimum absolute atomic E-state index is 0. The van der Waals surface area contributed by atoms with E-state index < -0.39 is 0 Å². The Morgan fingerprint density at radius 2 is 2.00 bits per heavy atom. The highest BCUT2D eigenvalue weighted by Gasteiger charge is 2.11. The molecule has 134 valence electrons. The van der Waals surface area contributed by atoms with Gasteiger partial charge in [-0.05, 0) is 42.8 Å². The Morgan fingerprint density at radius 1 is 1.19 bits per heavy atom. The van der Waals surface area contributed by atoms with Gasteiger partial charge in [-0.1, -0.05) is 29.8 Å². The van der Waals surface area contributed by atoms with Gasteiger partial charge in [-0.3, -0.25) is 0 Å². The number of aromatic amines is 1. The van der Waals surface area contributed by atoms with E-state index in [4.69, 9.17) is 16.6 Å². The maximum atomic E-state index is 13.1. The minimum Gasteiger partial charge on any atom is -0.364 e. The van der Waals surface area contributed by atoms with E-state index in [9.17, 15) is 4.39 Å². The molecule has 4 rings (SSSR count). The third kappa shape index (κ3) is 3.26. The molecule has 4 aromatic rings. The summed E-state index contributed by atoms with van der Waals surface area (Å²) in [5.41, 5.74) is 3.51. The van der Waals surface area contributed by atoms with E-state index in [1.807, 2.05) is 37.4 Å². The van der Waals surface area contributed by atoms with Gasteiger partial charge in [-0.25, -0.2) is 14.4 Å². The molecule has 0 fully saturated rings. The molecule has 1 atom stereocenters. The van der Waals surface area contributed by atoms with Crippen LogP contribution < -0.4 is 5.32 Å². The smallest absolute Gasteiger partial charge is 0.138 e. The second-order valence-electron chi connectivity index (χ2n) is 6.08. The highest BCUT2D eigenvalue weighted by molar-refractivity contribution is 6.31. The van der Waals surface area contributed by atoms with Gasteiger partial charge in [0.15, 0.2) is 0 Å². The first-order chi connectivity index (χ1) is 12.6. The Balaban J connectivity index is 0.00000140. The fourth-order valence-electron chi connectivity index (χ4n) is 2.91. The van der Waals surface area contributed by atoms with Gasteiger partial charge in [-0.15, -0.1) is 0 Å². The summed E-state index contributed by atoms with van der Waals surface area (Å²) in [6.45, 7) is 2.01. The van der Waals surface area contributed by atoms with Gasteiger partial charge in [0.1, 0.15) is 17.3 Å². The minimum atomic E-state index is -0.243. The highest BCUT2D eigenvalue weighted by atomic mass is 35.5. The van der Waals surface area contributed by atoms with Gasteiger partial charge < -0.3 is 10.3 Å².